The summed E-state index contributed by atoms with van der Waals surface area (Å²) in [5, 5.41) is 6.78. The highest BCUT2D eigenvalue weighted by atomic mass is 32.2. The van der Waals surface area contributed by atoms with E-state index in [1.165, 1.54) is 18.3 Å². The Kier molecular flexibility index (Phi) is 10.1. The molecular weight excluding hydrogens is 544 g/mol. The molecule has 0 bridgehead atoms. The van der Waals surface area contributed by atoms with Gasteiger partial charge in [0.15, 0.2) is 6.61 Å². The third-order valence-electron chi connectivity index (χ3n) is 6.39. The predicted octanol–water partition coefficient (Wildman–Crippen LogP) is 3.32. The average molecular weight is 579 g/mol. The lowest BCUT2D eigenvalue weighted by molar-refractivity contribution is -0.123. The molecule has 4 rings (SSSR count). The van der Waals surface area contributed by atoms with Crippen molar-refractivity contribution in [1.29, 1.82) is 0 Å². The third-order valence-corrected chi connectivity index (χ3v) is 8.18. The van der Waals surface area contributed by atoms with Crippen molar-refractivity contribution in [3.05, 3.63) is 89.5 Å². The number of ether oxygens (including phenoxy) is 2. The molecule has 3 aromatic rings. The molecule has 0 aromatic heterocycles. The fourth-order valence-electron chi connectivity index (χ4n) is 4.16. The normalized spacial score (nSPS) is 15.0. The van der Waals surface area contributed by atoms with Gasteiger partial charge in [-0.15, -0.1) is 0 Å². The molecule has 1 fully saturated rings. The zero-order chi connectivity index (χ0) is 29.2. The molecule has 2 amide bonds. The van der Waals surface area contributed by atoms with Crippen LogP contribution in [0.4, 0.5) is 5.69 Å². The van der Waals surface area contributed by atoms with Gasteiger partial charge in [0.2, 0.25) is 0 Å². The highest BCUT2D eigenvalue weighted by Gasteiger charge is 2.27. The molecule has 1 heterocycles. The van der Waals surface area contributed by atoms with E-state index in [0.717, 1.165) is 34.9 Å². The number of hydrogen-bond donors (Lipinski definition) is 2. The fourth-order valence-corrected chi connectivity index (χ4v) is 5.58. The van der Waals surface area contributed by atoms with Crippen LogP contribution in [0.1, 0.15) is 29.5 Å². The SMILES string of the molecule is Cc1ccc(S(=O)(=O)N(CC(=O)N/N=C\c2ccc(OCC(=O)NC[C@@H]3CCCO3)cc2)c2cccc(C)c2)cc1. The molecule has 1 aliphatic heterocycles. The first-order valence-electron chi connectivity index (χ1n) is 13.3. The van der Waals surface area contributed by atoms with Gasteiger partial charge in [-0.25, -0.2) is 13.8 Å². The largest absolute Gasteiger partial charge is 0.484 e. The van der Waals surface area contributed by atoms with Crippen LogP contribution in [0.3, 0.4) is 0 Å². The average Bonchev–Trinajstić information content (AvgIpc) is 3.48. The van der Waals surface area contributed by atoms with Crippen molar-refractivity contribution in [3.8, 4) is 5.75 Å². The maximum atomic E-state index is 13.5. The summed E-state index contributed by atoms with van der Waals surface area (Å²) in [5.74, 6) is -0.320. The summed E-state index contributed by atoms with van der Waals surface area (Å²) in [7, 11) is -4.01. The zero-order valence-electron chi connectivity index (χ0n) is 23.1. The molecule has 11 heteroatoms. The van der Waals surface area contributed by atoms with Gasteiger partial charge in [0.05, 0.1) is 22.9 Å². The van der Waals surface area contributed by atoms with Gasteiger partial charge in [-0.2, -0.15) is 5.10 Å². The minimum Gasteiger partial charge on any atom is -0.484 e. The Hall–Kier alpha value is -4.22. The van der Waals surface area contributed by atoms with Gasteiger partial charge in [-0.05, 0) is 86.3 Å². The number of anilines is 1. The summed E-state index contributed by atoms with van der Waals surface area (Å²) < 4.78 is 39.0. The molecule has 10 nitrogen and oxygen atoms in total. The van der Waals surface area contributed by atoms with Crippen LogP contribution < -0.4 is 19.8 Å². The van der Waals surface area contributed by atoms with E-state index >= 15 is 0 Å². The Morgan fingerprint density at radius 1 is 1.02 bits per heavy atom. The molecule has 0 saturated carbocycles. The number of rotatable bonds is 12. The number of carbonyl (C=O) groups excluding carboxylic acids is 2. The van der Waals surface area contributed by atoms with E-state index in [1.54, 1.807) is 54.6 Å². The predicted molar refractivity (Wildman–Crippen MR) is 157 cm³/mol. The summed E-state index contributed by atoms with van der Waals surface area (Å²) >= 11 is 0. The Bertz CT molecular complexity index is 1470. The summed E-state index contributed by atoms with van der Waals surface area (Å²) in [4.78, 5) is 24.9. The van der Waals surface area contributed by atoms with E-state index < -0.39 is 22.5 Å². The first-order valence-corrected chi connectivity index (χ1v) is 14.7. The zero-order valence-corrected chi connectivity index (χ0v) is 23.9. The van der Waals surface area contributed by atoms with Crippen LogP contribution in [-0.4, -0.2) is 58.9 Å². The van der Waals surface area contributed by atoms with Gasteiger partial charge in [0.25, 0.3) is 21.8 Å². The number of hydrazone groups is 1. The van der Waals surface area contributed by atoms with Gasteiger partial charge in [-0.3, -0.25) is 13.9 Å². The molecule has 0 spiro atoms. The second-order valence-electron chi connectivity index (χ2n) is 9.75. The Labute approximate surface area is 240 Å². The molecular formula is C30H34N4O6S. The standard InChI is InChI=1S/C30H34N4O6S/c1-22-8-14-28(15-9-22)41(37,38)34(25-6-3-5-23(2)17-25)20-29(35)33-32-18-24-10-12-26(13-11-24)40-21-30(36)31-19-27-7-4-16-39-27/h3,5-6,8-15,17-18,27H,4,7,16,19-21H2,1-2H3,(H,31,36)(H,33,35)/b32-18-/t27-/m0/s1. The smallest absolute Gasteiger partial charge is 0.264 e. The second kappa shape index (κ2) is 13.9. The van der Waals surface area contributed by atoms with Crippen molar-refractivity contribution < 1.29 is 27.5 Å². The van der Waals surface area contributed by atoms with Crippen LogP contribution in [0.15, 0.2) is 82.8 Å². The molecule has 1 aliphatic rings. The lowest BCUT2D eigenvalue weighted by Crippen LogP contribution is -2.39. The Morgan fingerprint density at radius 2 is 1.78 bits per heavy atom. The van der Waals surface area contributed by atoms with Gasteiger partial charge in [0.1, 0.15) is 12.3 Å². The number of carbonyl (C=O) groups is 2. The second-order valence-corrected chi connectivity index (χ2v) is 11.6. The fraction of sp³-hybridized carbons (Fsp3) is 0.300. The topological polar surface area (TPSA) is 126 Å². The van der Waals surface area contributed by atoms with E-state index in [0.29, 0.717) is 23.5 Å². The highest BCUT2D eigenvalue weighted by Crippen LogP contribution is 2.24. The Balaban J connectivity index is 1.32. The molecule has 0 radical (unpaired) electrons. The lowest BCUT2D eigenvalue weighted by atomic mass is 10.2. The van der Waals surface area contributed by atoms with Crippen molar-refractivity contribution in [2.24, 2.45) is 5.10 Å². The highest BCUT2D eigenvalue weighted by molar-refractivity contribution is 7.92. The van der Waals surface area contributed by atoms with Crippen molar-refractivity contribution in [1.82, 2.24) is 10.7 Å². The van der Waals surface area contributed by atoms with Crippen molar-refractivity contribution in [2.45, 2.75) is 37.7 Å². The van der Waals surface area contributed by atoms with Gasteiger partial charge < -0.3 is 14.8 Å². The lowest BCUT2D eigenvalue weighted by Gasteiger charge is -2.24. The number of sulfonamides is 1. The number of nitrogens with one attached hydrogen (secondary N) is 2. The Morgan fingerprint density at radius 3 is 2.46 bits per heavy atom. The van der Waals surface area contributed by atoms with Gasteiger partial charge in [0, 0.05) is 13.2 Å². The van der Waals surface area contributed by atoms with Gasteiger partial charge >= 0.3 is 0 Å². The maximum Gasteiger partial charge on any atom is 0.264 e. The molecule has 3 aromatic carbocycles. The number of benzene rings is 3. The van der Waals surface area contributed by atoms with Crippen molar-refractivity contribution in [3.63, 3.8) is 0 Å². The summed E-state index contributed by atoms with van der Waals surface area (Å²) in [5.41, 5.74) is 5.23. The number of hydrogen-bond acceptors (Lipinski definition) is 7. The van der Waals surface area contributed by atoms with Crippen LogP contribution in [0.25, 0.3) is 0 Å². The molecule has 1 saturated heterocycles. The number of nitrogens with zero attached hydrogens (tertiary/aromatic N) is 2. The molecule has 0 unspecified atom stereocenters. The van der Waals surface area contributed by atoms with Gasteiger partial charge in [-0.1, -0.05) is 29.8 Å². The minimum absolute atomic E-state index is 0.0706. The molecule has 0 aliphatic carbocycles. The van der Waals surface area contributed by atoms with Crippen LogP contribution in [0.2, 0.25) is 0 Å². The first kappa shape index (κ1) is 29.8. The summed E-state index contributed by atoms with van der Waals surface area (Å²) in [6.45, 7) is 4.36. The summed E-state index contributed by atoms with van der Waals surface area (Å²) in [6, 6.07) is 20.2. The minimum atomic E-state index is -4.01. The van der Waals surface area contributed by atoms with Crippen LogP contribution in [0.5, 0.6) is 5.75 Å². The third kappa shape index (κ3) is 8.63. The van der Waals surface area contributed by atoms with E-state index in [9.17, 15) is 18.0 Å². The van der Waals surface area contributed by atoms with Crippen molar-refractivity contribution >= 4 is 33.7 Å². The molecule has 41 heavy (non-hydrogen) atoms. The number of amides is 2. The number of aryl methyl sites for hydroxylation is 2. The van der Waals surface area contributed by atoms with E-state index in [4.69, 9.17) is 9.47 Å². The van der Waals surface area contributed by atoms with E-state index in [-0.39, 0.29) is 23.5 Å². The van der Waals surface area contributed by atoms with Crippen molar-refractivity contribution in [2.75, 3.05) is 30.6 Å². The molecule has 216 valence electrons. The summed E-state index contributed by atoms with van der Waals surface area (Å²) in [6.07, 6.45) is 3.46. The van der Waals surface area contributed by atoms with Crippen LogP contribution in [-0.2, 0) is 24.3 Å². The maximum absolute atomic E-state index is 13.5. The van der Waals surface area contributed by atoms with E-state index in [2.05, 4.69) is 15.8 Å². The first-order chi connectivity index (χ1) is 19.7. The molecule has 2 N–H and O–H groups in total. The molecule has 1 atom stereocenters. The van der Waals surface area contributed by atoms with E-state index in [1.807, 2.05) is 19.9 Å². The van der Waals surface area contributed by atoms with Crippen LogP contribution >= 0.6 is 0 Å². The quantitative estimate of drug-likeness (QED) is 0.251. The van der Waals surface area contributed by atoms with Crippen LogP contribution in [0, 0.1) is 13.8 Å². The monoisotopic (exact) mass is 578 g/mol.